The zero-order chi connectivity index (χ0) is 14.3. The zero-order valence-electron chi connectivity index (χ0n) is 11.1. The summed E-state index contributed by atoms with van der Waals surface area (Å²) < 4.78 is 41.5. The Labute approximate surface area is 110 Å². The molecule has 0 spiro atoms. The van der Waals surface area contributed by atoms with Gasteiger partial charge in [0.2, 0.25) is 0 Å². The van der Waals surface area contributed by atoms with E-state index in [0.717, 1.165) is 0 Å². The summed E-state index contributed by atoms with van der Waals surface area (Å²) in [6.07, 6.45) is -2.22. The summed E-state index contributed by atoms with van der Waals surface area (Å²) in [5.41, 5.74) is 0. The molecule has 0 aromatic carbocycles. The number of hydrogen-bond donors (Lipinski definition) is 1. The van der Waals surface area contributed by atoms with Gasteiger partial charge in [-0.15, -0.1) is 0 Å². The first-order valence-corrected chi connectivity index (χ1v) is 6.13. The molecule has 0 bridgehead atoms. The number of alkyl halides is 3. The van der Waals surface area contributed by atoms with Crippen molar-refractivity contribution in [2.45, 2.75) is 45.6 Å². The van der Waals surface area contributed by atoms with Crippen LogP contribution in [0.15, 0.2) is 6.33 Å². The third-order valence-corrected chi connectivity index (χ3v) is 2.19. The average Bonchev–Trinajstić information content (AvgIpc) is 2.72. The molecule has 0 amide bonds. The van der Waals surface area contributed by atoms with Crippen LogP contribution >= 0.6 is 0 Å². The Morgan fingerprint density at radius 1 is 1.42 bits per heavy atom. The van der Waals surface area contributed by atoms with Crippen molar-refractivity contribution in [3.8, 4) is 0 Å². The molecular formula is C11H19F3N4O. The maximum atomic E-state index is 11.8. The van der Waals surface area contributed by atoms with Crippen molar-refractivity contribution in [3.05, 3.63) is 12.2 Å². The van der Waals surface area contributed by atoms with E-state index >= 15 is 0 Å². The Morgan fingerprint density at radius 2 is 2.16 bits per heavy atom. The summed E-state index contributed by atoms with van der Waals surface area (Å²) in [6.45, 7) is 3.97. The van der Waals surface area contributed by atoms with E-state index < -0.39 is 12.8 Å². The van der Waals surface area contributed by atoms with Gasteiger partial charge < -0.3 is 10.1 Å². The average molecular weight is 280 g/mol. The van der Waals surface area contributed by atoms with E-state index in [0.29, 0.717) is 31.4 Å². The lowest BCUT2D eigenvalue weighted by molar-refractivity contribution is -0.174. The number of aromatic nitrogens is 3. The van der Waals surface area contributed by atoms with E-state index in [9.17, 15) is 13.2 Å². The maximum absolute atomic E-state index is 11.8. The minimum atomic E-state index is -4.26. The highest BCUT2D eigenvalue weighted by molar-refractivity contribution is 4.81. The number of nitrogens with zero attached hydrogens (tertiary/aromatic N) is 3. The Balaban J connectivity index is 2.16. The Bertz CT molecular complexity index is 365. The second-order valence-electron chi connectivity index (χ2n) is 4.48. The van der Waals surface area contributed by atoms with E-state index in [-0.39, 0.29) is 6.61 Å². The third kappa shape index (κ3) is 7.78. The first-order chi connectivity index (χ1) is 8.87. The third-order valence-electron chi connectivity index (χ3n) is 2.19. The van der Waals surface area contributed by atoms with Crippen molar-refractivity contribution in [1.82, 2.24) is 20.1 Å². The molecule has 8 heteroatoms. The van der Waals surface area contributed by atoms with Crippen molar-refractivity contribution < 1.29 is 17.9 Å². The number of aryl methyl sites for hydroxylation is 1. The molecule has 1 heterocycles. The topological polar surface area (TPSA) is 52.0 Å². The molecule has 0 aliphatic rings. The summed E-state index contributed by atoms with van der Waals surface area (Å²) >= 11 is 0. The van der Waals surface area contributed by atoms with Crippen molar-refractivity contribution in [2.75, 3.05) is 13.2 Å². The Kier molecular flexibility index (Phi) is 6.23. The molecule has 19 heavy (non-hydrogen) atoms. The van der Waals surface area contributed by atoms with Gasteiger partial charge in [0.15, 0.2) is 5.82 Å². The van der Waals surface area contributed by atoms with Crippen LogP contribution in [0, 0.1) is 0 Å². The molecule has 0 fully saturated rings. The molecule has 0 saturated heterocycles. The molecule has 110 valence electrons. The molecule has 0 atom stereocenters. The lowest BCUT2D eigenvalue weighted by Crippen LogP contribution is -2.22. The van der Waals surface area contributed by atoms with Gasteiger partial charge in [-0.2, -0.15) is 18.3 Å². The van der Waals surface area contributed by atoms with Crippen LogP contribution in [0.1, 0.15) is 26.1 Å². The van der Waals surface area contributed by atoms with Gasteiger partial charge in [-0.1, -0.05) is 13.8 Å². The molecule has 1 N–H and O–H groups in total. The predicted octanol–water partition coefficient (Wildman–Crippen LogP) is 1.75. The van der Waals surface area contributed by atoms with Crippen LogP contribution in [0.3, 0.4) is 0 Å². The van der Waals surface area contributed by atoms with E-state index in [1.165, 1.54) is 0 Å². The normalized spacial score (nSPS) is 12.3. The van der Waals surface area contributed by atoms with Gasteiger partial charge >= 0.3 is 6.18 Å². The molecule has 0 aliphatic carbocycles. The Morgan fingerprint density at radius 3 is 2.79 bits per heavy atom. The highest BCUT2D eigenvalue weighted by Gasteiger charge is 2.27. The van der Waals surface area contributed by atoms with Crippen LogP contribution in [0.2, 0.25) is 0 Å². The van der Waals surface area contributed by atoms with Gasteiger partial charge in [0.1, 0.15) is 12.9 Å². The van der Waals surface area contributed by atoms with Crippen molar-refractivity contribution >= 4 is 0 Å². The van der Waals surface area contributed by atoms with Gasteiger partial charge in [0, 0.05) is 19.2 Å². The quantitative estimate of drug-likeness (QED) is 0.737. The van der Waals surface area contributed by atoms with Crippen LogP contribution in [-0.2, 0) is 17.8 Å². The molecule has 1 rings (SSSR count). The van der Waals surface area contributed by atoms with Gasteiger partial charge in [-0.3, -0.25) is 4.68 Å². The fourth-order valence-electron chi connectivity index (χ4n) is 1.33. The van der Waals surface area contributed by atoms with Gasteiger partial charge in [0.25, 0.3) is 0 Å². The van der Waals surface area contributed by atoms with E-state index in [1.54, 1.807) is 11.0 Å². The molecular weight excluding hydrogens is 261 g/mol. The molecule has 0 saturated carbocycles. The van der Waals surface area contributed by atoms with Crippen LogP contribution in [0.5, 0.6) is 0 Å². The standard InChI is InChI=1S/C11H19F3N4O/c1-9(2)15-6-10-16-8-18(17-10)4-3-5-19-7-11(12,13)14/h8-9,15H,3-7H2,1-2H3. The Hall–Kier alpha value is -1.15. The van der Waals surface area contributed by atoms with Gasteiger partial charge in [-0.25, -0.2) is 4.98 Å². The van der Waals surface area contributed by atoms with E-state index in [2.05, 4.69) is 20.1 Å². The molecule has 0 aliphatic heterocycles. The predicted molar refractivity (Wildman–Crippen MR) is 63.5 cm³/mol. The SMILES string of the molecule is CC(C)NCc1ncn(CCCOCC(F)(F)F)n1. The number of halogens is 3. The second kappa shape index (κ2) is 7.44. The molecule has 5 nitrogen and oxygen atoms in total. The van der Waals surface area contributed by atoms with Crippen LogP contribution in [-0.4, -0.2) is 40.2 Å². The minimum absolute atomic E-state index is 0.0545. The maximum Gasteiger partial charge on any atom is 0.411 e. The van der Waals surface area contributed by atoms with Gasteiger partial charge in [0.05, 0.1) is 6.54 Å². The summed E-state index contributed by atoms with van der Waals surface area (Å²) in [4.78, 5) is 4.09. The number of hydrogen-bond acceptors (Lipinski definition) is 4. The molecule has 1 aromatic heterocycles. The lowest BCUT2D eigenvalue weighted by Gasteiger charge is -2.07. The van der Waals surface area contributed by atoms with Crippen molar-refractivity contribution in [2.24, 2.45) is 0 Å². The second-order valence-corrected chi connectivity index (χ2v) is 4.48. The summed E-state index contributed by atoms with van der Waals surface area (Å²) in [7, 11) is 0. The van der Waals surface area contributed by atoms with Crippen LogP contribution in [0.25, 0.3) is 0 Å². The first-order valence-electron chi connectivity index (χ1n) is 6.13. The summed E-state index contributed by atoms with van der Waals surface area (Å²) in [5, 5.41) is 7.37. The first kappa shape index (κ1) is 15.9. The lowest BCUT2D eigenvalue weighted by atomic mass is 10.4. The molecule has 0 unspecified atom stereocenters. The van der Waals surface area contributed by atoms with Crippen molar-refractivity contribution in [3.63, 3.8) is 0 Å². The highest BCUT2D eigenvalue weighted by Crippen LogP contribution is 2.14. The largest absolute Gasteiger partial charge is 0.411 e. The van der Waals surface area contributed by atoms with Crippen LogP contribution < -0.4 is 5.32 Å². The number of nitrogens with one attached hydrogen (secondary N) is 1. The fraction of sp³-hybridized carbons (Fsp3) is 0.818. The van der Waals surface area contributed by atoms with E-state index in [1.807, 2.05) is 13.8 Å². The van der Waals surface area contributed by atoms with Crippen LogP contribution in [0.4, 0.5) is 13.2 Å². The van der Waals surface area contributed by atoms with Gasteiger partial charge in [-0.05, 0) is 6.42 Å². The number of ether oxygens (including phenoxy) is 1. The smallest absolute Gasteiger partial charge is 0.372 e. The fourth-order valence-corrected chi connectivity index (χ4v) is 1.33. The van der Waals surface area contributed by atoms with E-state index in [4.69, 9.17) is 0 Å². The molecule has 1 aromatic rings. The zero-order valence-corrected chi connectivity index (χ0v) is 11.1. The monoisotopic (exact) mass is 280 g/mol. The minimum Gasteiger partial charge on any atom is -0.372 e. The molecule has 0 radical (unpaired) electrons. The highest BCUT2D eigenvalue weighted by atomic mass is 19.4. The summed E-state index contributed by atoms with van der Waals surface area (Å²) in [6, 6.07) is 0.350. The summed E-state index contributed by atoms with van der Waals surface area (Å²) in [5.74, 6) is 0.671. The number of rotatable bonds is 8. The van der Waals surface area contributed by atoms with Crippen molar-refractivity contribution in [1.29, 1.82) is 0 Å².